The van der Waals surface area contributed by atoms with Gasteiger partial charge < -0.3 is 19.1 Å². The van der Waals surface area contributed by atoms with Crippen molar-refractivity contribution in [1.29, 1.82) is 0 Å². The van der Waals surface area contributed by atoms with E-state index in [0.29, 0.717) is 18.8 Å². The molecule has 1 aliphatic rings. The molecule has 2 aromatic rings. The lowest BCUT2D eigenvalue weighted by Crippen LogP contribution is -2.49. The predicted molar refractivity (Wildman–Crippen MR) is 105 cm³/mol. The van der Waals surface area contributed by atoms with Crippen LogP contribution >= 0.6 is 0 Å². The van der Waals surface area contributed by atoms with Crippen LogP contribution in [0.5, 0.6) is 5.75 Å². The maximum Gasteiger partial charge on any atom is 0.344 e. The monoisotopic (exact) mass is 383 g/mol. The van der Waals surface area contributed by atoms with E-state index in [1.54, 1.807) is 17.0 Å². The van der Waals surface area contributed by atoms with Crippen LogP contribution in [-0.2, 0) is 19.1 Å². The third-order valence-corrected chi connectivity index (χ3v) is 4.45. The number of ether oxygens (including phenoxy) is 3. The van der Waals surface area contributed by atoms with E-state index in [1.165, 1.54) is 0 Å². The highest BCUT2D eigenvalue weighted by molar-refractivity contribution is 5.81. The van der Waals surface area contributed by atoms with Gasteiger partial charge in [0.05, 0.1) is 12.2 Å². The van der Waals surface area contributed by atoms with Gasteiger partial charge in [-0.05, 0) is 37.1 Å². The van der Waals surface area contributed by atoms with Crippen LogP contribution in [0.2, 0.25) is 0 Å². The fraction of sp³-hybridized carbons (Fsp3) is 0.364. The van der Waals surface area contributed by atoms with E-state index in [9.17, 15) is 9.59 Å². The average molecular weight is 383 g/mol. The summed E-state index contributed by atoms with van der Waals surface area (Å²) < 4.78 is 16.1. The van der Waals surface area contributed by atoms with Crippen LogP contribution < -0.4 is 4.74 Å². The third-order valence-electron chi connectivity index (χ3n) is 4.45. The lowest BCUT2D eigenvalue weighted by Gasteiger charge is -2.35. The second-order valence-electron chi connectivity index (χ2n) is 6.90. The molecular formula is C22H25NO5. The zero-order valence-electron chi connectivity index (χ0n) is 16.2. The molecule has 6 nitrogen and oxygen atoms in total. The van der Waals surface area contributed by atoms with Crippen LogP contribution in [0, 0.1) is 0 Å². The molecule has 28 heavy (non-hydrogen) atoms. The average Bonchev–Trinajstić information content (AvgIpc) is 2.71. The quantitative estimate of drug-likeness (QED) is 0.718. The molecule has 1 aliphatic heterocycles. The summed E-state index contributed by atoms with van der Waals surface area (Å²) in [6, 6.07) is 17.5. The Morgan fingerprint density at radius 1 is 0.929 bits per heavy atom. The van der Waals surface area contributed by atoms with Gasteiger partial charge in [0.1, 0.15) is 5.75 Å². The van der Waals surface area contributed by atoms with Gasteiger partial charge in [0.25, 0.3) is 5.91 Å². The van der Waals surface area contributed by atoms with Gasteiger partial charge in [0, 0.05) is 13.1 Å². The minimum atomic E-state index is -0.574. The highest BCUT2D eigenvalue weighted by atomic mass is 16.6. The summed E-state index contributed by atoms with van der Waals surface area (Å²) in [5.74, 6) is -0.226. The Morgan fingerprint density at radius 3 is 2.18 bits per heavy atom. The van der Waals surface area contributed by atoms with Crippen molar-refractivity contribution in [2.24, 2.45) is 0 Å². The molecule has 0 saturated carbocycles. The van der Waals surface area contributed by atoms with Crippen molar-refractivity contribution in [1.82, 2.24) is 4.90 Å². The highest BCUT2D eigenvalue weighted by Crippen LogP contribution is 2.22. The van der Waals surface area contributed by atoms with Crippen molar-refractivity contribution in [2.75, 3.05) is 26.3 Å². The SMILES string of the molecule is C[C@H]1CN(C(=O)COC(=O)COc2ccc(-c3ccccc3)cc2)C[C@H](C)O1. The topological polar surface area (TPSA) is 65.1 Å². The minimum Gasteiger partial charge on any atom is -0.482 e. The van der Waals surface area contributed by atoms with Gasteiger partial charge in [0.2, 0.25) is 0 Å². The molecule has 0 unspecified atom stereocenters. The Balaban J connectivity index is 1.42. The molecule has 1 amide bonds. The summed E-state index contributed by atoms with van der Waals surface area (Å²) in [6.07, 6.45) is -0.0452. The summed E-state index contributed by atoms with van der Waals surface area (Å²) in [6.45, 7) is 4.32. The fourth-order valence-electron chi connectivity index (χ4n) is 3.17. The number of carbonyl (C=O) groups excluding carboxylic acids is 2. The first-order valence-corrected chi connectivity index (χ1v) is 9.38. The van der Waals surface area contributed by atoms with Gasteiger partial charge in [-0.1, -0.05) is 42.5 Å². The minimum absolute atomic E-state index is 0.0226. The van der Waals surface area contributed by atoms with Crippen molar-refractivity contribution in [3.8, 4) is 16.9 Å². The summed E-state index contributed by atoms with van der Waals surface area (Å²) in [5.41, 5.74) is 2.17. The second kappa shape index (κ2) is 9.37. The molecule has 3 rings (SSSR count). The van der Waals surface area contributed by atoms with Gasteiger partial charge >= 0.3 is 5.97 Å². The van der Waals surface area contributed by atoms with Crippen molar-refractivity contribution >= 4 is 11.9 Å². The number of carbonyl (C=O) groups is 2. The van der Waals surface area contributed by atoms with Gasteiger partial charge in [-0.15, -0.1) is 0 Å². The molecule has 0 spiro atoms. The normalized spacial score (nSPS) is 19.1. The zero-order valence-corrected chi connectivity index (χ0v) is 16.2. The Labute approximate surface area is 165 Å². The molecular weight excluding hydrogens is 358 g/mol. The van der Waals surface area contributed by atoms with Crippen molar-refractivity contribution in [2.45, 2.75) is 26.1 Å². The number of hydrogen-bond donors (Lipinski definition) is 0. The molecule has 2 atom stereocenters. The van der Waals surface area contributed by atoms with Crippen LogP contribution in [0.4, 0.5) is 0 Å². The van der Waals surface area contributed by atoms with Crippen molar-refractivity contribution in [3.63, 3.8) is 0 Å². The Kier molecular flexibility index (Phi) is 6.66. The van der Waals surface area contributed by atoms with Crippen molar-refractivity contribution < 1.29 is 23.8 Å². The number of hydrogen-bond acceptors (Lipinski definition) is 5. The van der Waals surface area contributed by atoms with Gasteiger partial charge in [-0.25, -0.2) is 4.79 Å². The molecule has 2 aromatic carbocycles. The standard InChI is InChI=1S/C22H25NO5/c1-16-12-23(13-17(2)28-16)21(24)14-27-22(25)15-26-20-10-8-19(9-11-20)18-6-4-3-5-7-18/h3-11,16-17H,12-15H2,1-2H3/t16-,17-/m0/s1. The number of nitrogens with zero attached hydrogens (tertiary/aromatic N) is 1. The third kappa shape index (κ3) is 5.57. The van der Waals surface area contributed by atoms with E-state index in [0.717, 1.165) is 11.1 Å². The molecule has 0 aromatic heterocycles. The predicted octanol–water partition coefficient (Wildman–Crippen LogP) is 2.91. The van der Waals surface area contributed by atoms with Crippen LogP contribution in [0.1, 0.15) is 13.8 Å². The van der Waals surface area contributed by atoms with Gasteiger partial charge in [0.15, 0.2) is 13.2 Å². The zero-order chi connectivity index (χ0) is 19.9. The molecule has 1 saturated heterocycles. The molecule has 0 N–H and O–H groups in total. The first kappa shape index (κ1) is 19.9. The highest BCUT2D eigenvalue weighted by Gasteiger charge is 2.26. The Hall–Kier alpha value is -2.86. The van der Waals surface area contributed by atoms with Crippen LogP contribution in [0.15, 0.2) is 54.6 Å². The number of amides is 1. The maximum atomic E-state index is 12.2. The van der Waals surface area contributed by atoms with E-state index in [4.69, 9.17) is 14.2 Å². The van der Waals surface area contributed by atoms with E-state index in [2.05, 4.69) is 0 Å². The Morgan fingerprint density at radius 2 is 1.54 bits per heavy atom. The molecule has 0 aliphatic carbocycles. The van der Waals surface area contributed by atoms with Gasteiger partial charge in [-0.2, -0.15) is 0 Å². The molecule has 148 valence electrons. The van der Waals surface area contributed by atoms with E-state index in [-0.39, 0.29) is 31.3 Å². The largest absolute Gasteiger partial charge is 0.482 e. The van der Waals surface area contributed by atoms with E-state index in [1.807, 2.05) is 56.3 Å². The number of esters is 1. The smallest absolute Gasteiger partial charge is 0.344 e. The first-order chi connectivity index (χ1) is 13.5. The second-order valence-corrected chi connectivity index (χ2v) is 6.90. The van der Waals surface area contributed by atoms with Gasteiger partial charge in [-0.3, -0.25) is 4.79 Å². The fourth-order valence-corrected chi connectivity index (χ4v) is 3.17. The molecule has 1 fully saturated rings. The number of benzene rings is 2. The summed E-state index contributed by atoms with van der Waals surface area (Å²) in [5, 5.41) is 0. The van der Waals surface area contributed by atoms with Crippen LogP contribution in [-0.4, -0.2) is 55.3 Å². The molecule has 1 heterocycles. The van der Waals surface area contributed by atoms with E-state index < -0.39 is 5.97 Å². The number of morpholine rings is 1. The molecule has 0 bridgehead atoms. The lowest BCUT2D eigenvalue weighted by molar-refractivity contribution is -0.158. The molecule has 0 radical (unpaired) electrons. The maximum absolute atomic E-state index is 12.2. The summed E-state index contributed by atoms with van der Waals surface area (Å²) in [7, 11) is 0. The van der Waals surface area contributed by atoms with E-state index >= 15 is 0 Å². The van der Waals surface area contributed by atoms with Crippen LogP contribution in [0.25, 0.3) is 11.1 Å². The van der Waals surface area contributed by atoms with Crippen molar-refractivity contribution in [3.05, 3.63) is 54.6 Å². The summed E-state index contributed by atoms with van der Waals surface area (Å²) >= 11 is 0. The molecule has 6 heteroatoms. The lowest BCUT2D eigenvalue weighted by atomic mass is 10.1. The first-order valence-electron chi connectivity index (χ1n) is 9.38. The summed E-state index contributed by atoms with van der Waals surface area (Å²) in [4.78, 5) is 25.7. The Bertz CT molecular complexity index is 780. The number of rotatable bonds is 6. The van der Waals surface area contributed by atoms with Crippen LogP contribution in [0.3, 0.4) is 0 Å².